The summed E-state index contributed by atoms with van der Waals surface area (Å²) in [7, 11) is 0. The number of rotatable bonds is 4. The lowest BCUT2D eigenvalue weighted by Gasteiger charge is -2.16. The molecule has 8 heteroatoms. The number of halogens is 3. The van der Waals surface area contributed by atoms with Gasteiger partial charge in [-0.2, -0.15) is 0 Å². The maximum Gasteiger partial charge on any atom is 0.189 e. The van der Waals surface area contributed by atoms with Gasteiger partial charge in [0.05, 0.1) is 18.3 Å². The van der Waals surface area contributed by atoms with E-state index in [1.807, 2.05) is 26.0 Å². The molecule has 0 fully saturated rings. The molecule has 1 aromatic carbocycles. The van der Waals surface area contributed by atoms with Crippen LogP contribution in [0, 0.1) is 6.92 Å². The number of aliphatic imine (C=N–C) groups is 1. The van der Waals surface area contributed by atoms with Crippen LogP contribution in [0.1, 0.15) is 30.0 Å². The van der Waals surface area contributed by atoms with Crippen molar-refractivity contribution in [1.82, 2.24) is 15.3 Å². The molecule has 1 atom stereocenters. The Morgan fingerprint density at radius 1 is 1.35 bits per heavy atom. The summed E-state index contributed by atoms with van der Waals surface area (Å²) < 4.78 is 0. The summed E-state index contributed by atoms with van der Waals surface area (Å²) >= 11 is 12.1. The lowest BCUT2D eigenvalue weighted by atomic mass is 10.1. The first-order valence-electron chi connectivity index (χ1n) is 6.75. The standard InChI is InChI=1S/C15H17Cl2N5.HI/c1-9(13-4-3-11(16)7-14(13)17)21-15(18)20-8-12-5-6-19-10(2)22-12;/h3-7,9H,8H2,1-2H3,(H3,18,20,21);1H. The number of benzene rings is 1. The molecule has 0 radical (unpaired) electrons. The second kappa shape index (κ2) is 9.24. The lowest BCUT2D eigenvalue weighted by Crippen LogP contribution is -2.34. The average Bonchev–Trinajstić information content (AvgIpc) is 2.45. The fraction of sp³-hybridized carbons (Fsp3) is 0.267. The van der Waals surface area contributed by atoms with Crippen LogP contribution in [0.25, 0.3) is 0 Å². The Kier molecular flexibility index (Phi) is 8.01. The molecular weight excluding hydrogens is 448 g/mol. The fourth-order valence-electron chi connectivity index (χ4n) is 1.96. The minimum atomic E-state index is -0.0827. The fourth-order valence-corrected chi connectivity index (χ4v) is 2.53. The first-order chi connectivity index (χ1) is 10.5. The van der Waals surface area contributed by atoms with E-state index in [-0.39, 0.29) is 30.0 Å². The minimum Gasteiger partial charge on any atom is -0.370 e. The van der Waals surface area contributed by atoms with E-state index >= 15 is 0 Å². The first kappa shape index (κ1) is 19.9. The number of aryl methyl sites for hydroxylation is 1. The van der Waals surface area contributed by atoms with E-state index in [2.05, 4.69) is 20.3 Å². The number of nitrogens with two attached hydrogens (primary N) is 1. The number of nitrogens with one attached hydrogen (secondary N) is 1. The van der Waals surface area contributed by atoms with Gasteiger partial charge in [0, 0.05) is 16.2 Å². The van der Waals surface area contributed by atoms with Gasteiger partial charge in [-0.1, -0.05) is 29.3 Å². The molecule has 0 aliphatic carbocycles. The molecule has 0 amide bonds. The predicted octanol–water partition coefficient (Wildman–Crippen LogP) is 3.88. The van der Waals surface area contributed by atoms with Gasteiger partial charge in [0.1, 0.15) is 5.82 Å². The summed E-state index contributed by atoms with van der Waals surface area (Å²) in [5.41, 5.74) is 7.62. The van der Waals surface area contributed by atoms with Crippen molar-refractivity contribution < 1.29 is 0 Å². The van der Waals surface area contributed by atoms with Gasteiger partial charge >= 0.3 is 0 Å². The first-order valence-corrected chi connectivity index (χ1v) is 7.51. The molecule has 0 bridgehead atoms. The highest BCUT2D eigenvalue weighted by molar-refractivity contribution is 14.0. The van der Waals surface area contributed by atoms with E-state index in [9.17, 15) is 0 Å². The molecule has 0 aliphatic heterocycles. The summed E-state index contributed by atoms with van der Waals surface area (Å²) in [4.78, 5) is 12.6. The maximum absolute atomic E-state index is 6.18. The number of nitrogens with zero attached hydrogens (tertiary/aromatic N) is 3. The summed E-state index contributed by atoms with van der Waals surface area (Å²) in [6.45, 7) is 4.18. The summed E-state index contributed by atoms with van der Waals surface area (Å²) in [6, 6.07) is 7.08. The maximum atomic E-state index is 6.18. The van der Waals surface area contributed by atoms with Gasteiger partial charge in [-0.25, -0.2) is 15.0 Å². The molecule has 1 aromatic heterocycles. The monoisotopic (exact) mass is 465 g/mol. The van der Waals surface area contributed by atoms with E-state index in [1.165, 1.54) is 0 Å². The molecule has 124 valence electrons. The van der Waals surface area contributed by atoms with Gasteiger partial charge in [0.15, 0.2) is 5.96 Å². The van der Waals surface area contributed by atoms with Crippen LogP contribution in [0.2, 0.25) is 10.0 Å². The van der Waals surface area contributed by atoms with Crippen LogP contribution in [0.5, 0.6) is 0 Å². The van der Waals surface area contributed by atoms with Crippen molar-refractivity contribution >= 4 is 53.1 Å². The van der Waals surface area contributed by atoms with Crippen LogP contribution < -0.4 is 11.1 Å². The second-order valence-electron chi connectivity index (χ2n) is 4.83. The van der Waals surface area contributed by atoms with Gasteiger partial charge in [0.2, 0.25) is 0 Å². The number of guanidine groups is 1. The third-order valence-electron chi connectivity index (χ3n) is 3.04. The SMILES string of the molecule is Cc1nccc(CN=C(N)NC(C)c2ccc(Cl)cc2Cl)n1.I. The van der Waals surface area contributed by atoms with E-state index in [0.717, 1.165) is 11.3 Å². The smallest absolute Gasteiger partial charge is 0.189 e. The zero-order valence-corrected chi connectivity index (χ0v) is 16.6. The Labute approximate surface area is 162 Å². The zero-order valence-electron chi connectivity index (χ0n) is 12.8. The Balaban J connectivity index is 0.00000264. The van der Waals surface area contributed by atoms with Crippen molar-refractivity contribution in [3.05, 3.63) is 57.6 Å². The molecule has 0 saturated heterocycles. The van der Waals surface area contributed by atoms with Crippen molar-refractivity contribution in [1.29, 1.82) is 0 Å². The third-order valence-corrected chi connectivity index (χ3v) is 3.60. The van der Waals surface area contributed by atoms with Gasteiger partial charge in [-0.3, -0.25) is 0 Å². The molecule has 23 heavy (non-hydrogen) atoms. The van der Waals surface area contributed by atoms with Crippen molar-refractivity contribution in [3.63, 3.8) is 0 Å². The highest BCUT2D eigenvalue weighted by Gasteiger charge is 2.10. The van der Waals surface area contributed by atoms with Gasteiger partial charge in [-0.15, -0.1) is 24.0 Å². The minimum absolute atomic E-state index is 0. The second-order valence-corrected chi connectivity index (χ2v) is 5.67. The predicted molar refractivity (Wildman–Crippen MR) is 106 cm³/mol. The Hall–Kier alpha value is -1.12. The van der Waals surface area contributed by atoms with Gasteiger partial charge in [-0.05, 0) is 37.6 Å². The van der Waals surface area contributed by atoms with Crippen molar-refractivity contribution in [2.24, 2.45) is 10.7 Å². The summed E-state index contributed by atoms with van der Waals surface area (Å²) in [5, 5.41) is 4.29. The highest BCUT2D eigenvalue weighted by Crippen LogP contribution is 2.25. The molecule has 1 unspecified atom stereocenters. The van der Waals surface area contributed by atoms with Crippen molar-refractivity contribution in [2.45, 2.75) is 26.4 Å². The van der Waals surface area contributed by atoms with Crippen LogP contribution in [-0.2, 0) is 6.54 Å². The Bertz CT molecular complexity index is 693. The van der Waals surface area contributed by atoms with E-state index in [0.29, 0.717) is 28.4 Å². The lowest BCUT2D eigenvalue weighted by molar-refractivity contribution is 0.707. The molecule has 0 saturated carbocycles. The van der Waals surface area contributed by atoms with Crippen LogP contribution in [0.15, 0.2) is 35.5 Å². The molecule has 5 nitrogen and oxygen atoms in total. The van der Waals surface area contributed by atoms with E-state index < -0.39 is 0 Å². The largest absolute Gasteiger partial charge is 0.370 e. The molecule has 0 aliphatic rings. The molecular formula is C15H18Cl2IN5. The van der Waals surface area contributed by atoms with E-state index in [4.69, 9.17) is 28.9 Å². The Morgan fingerprint density at radius 3 is 2.74 bits per heavy atom. The quantitative estimate of drug-likeness (QED) is 0.408. The van der Waals surface area contributed by atoms with Crippen molar-refractivity contribution in [2.75, 3.05) is 0 Å². The van der Waals surface area contributed by atoms with E-state index in [1.54, 1.807) is 18.3 Å². The molecule has 0 spiro atoms. The molecule has 1 heterocycles. The number of hydrogen-bond acceptors (Lipinski definition) is 3. The molecule has 3 N–H and O–H groups in total. The number of aromatic nitrogens is 2. The van der Waals surface area contributed by atoms with Crippen LogP contribution >= 0.6 is 47.2 Å². The normalized spacial score (nSPS) is 12.4. The van der Waals surface area contributed by atoms with Crippen LogP contribution in [-0.4, -0.2) is 15.9 Å². The van der Waals surface area contributed by atoms with Crippen molar-refractivity contribution in [3.8, 4) is 0 Å². The van der Waals surface area contributed by atoms with Crippen LogP contribution in [0.3, 0.4) is 0 Å². The van der Waals surface area contributed by atoms with Gasteiger partial charge in [0.25, 0.3) is 0 Å². The summed E-state index contributed by atoms with van der Waals surface area (Å²) in [5.74, 6) is 1.04. The molecule has 2 aromatic rings. The van der Waals surface area contributed by atoms with Gasteiger partial charge < -0.3 is 11.1 Å². The number of hydrogen-bond donors (Lipinski definition) is 2. The highest BCUT2D eigenvalue weighted by atomic mass is 127. The summed E-state index contributed by atoms with van der Waals surface area (Å²) in [6.07, 6.45) is 1.70. The average molecular weight is 466 g/mol. The molecule has 2 rings (SSSR count). The van der Waals surface area contributed by atoms with Crippen LogP contribution in [0.4, 0.5) is 0 Å². The zero-order chi connectivity index (χ0) is 16.1. The topological polar surface area (TPSA) is 76.2 Å². The Morgan fingerprint density at radius 2 is 2.09 bits per heavy atom. The third kappa shape index (κ3) is 6.12.